The molecule has 0 bridgehead atoms. The van der Waals surface area contributed by atoms with Crippen molar-refractivity contribution in [1.29, 1.82) is 0 Å². The number of nitrogens with one attached hydrogen (secondary N) is 1. The van der Waals surface area contributed by atoms with Gasteiger partial charge in [-0.25, -0.2) is 0 Å². The standard InChI is InChI=1S/C14H23N/c1-10(2)13-6-8-14(9-7-13)12(5)15-11(3)4/h6-12,15H,1-5H3/t12-/m1/s1. The van der Waals surface area contributed by atoms with E-state index in [1.54, 1.807) is 0 Å². The van der Waals surface area contributed by atoms with Crippen LogP contribution in [0.3, 0.4) is 0 Å². The molecule has 0 amide bonds. The number of hydrogen-bond acceptors (Lipinski definition) is 1. The molecule has 0 heterocycles. The van der Waals surface area contributed by atoms with E-state index in [0.29, 0.717) is 18.0 Å². The molecule has 1 rings (SSSR count). The van der Waals surface area contributed by atoms with Gasteiger partial charge in [-0.15, -0.1) is 0 Å². The van der Waals surface area contributed by atoms with Crippen LogP contribution in [0, 0.1) is 0 Å². The zero-order chi connectivity index (χ0) is 11.4. The molecule has 1 heteroatoms. The van der Waals surface area contributed by atoms with Crippen LogP contribution in [0.2, 0.25) is 0 Å². The number of benzene rings is 1. The topological polar surface area (TPSA) is 12.0 Å². The highest BCUT2D eigenvalue weighted by molar-refractivity contribution is 5.26. The highest BCUT2D eigenvalue weighted by Gasteiger charge is 2.06. The maximum Gasteiger partial charge on any atom is 0.0294 e. The fourth-order valence-corrected chi connectivity index (χ4v) is 1.77. The molecule has 0 fully saturated rings. The third-order valence-electron chi connectivity index (χ3n) is 2.69. The lowest BCUT2D eigenvalue weighted by Gasteiger charge is -2.17. The summed E-state index contributed by atoms with van der Waals surface area (Å²) in [5.41, 5.74) is 2.78. The van der Waals surface area contributed by atoms with Crippen molar-refractivity contribution in [2.24, 2.45) is 0 Å². The minimum absolute atomic E-state index is 0.436. The van der Waals surface area contributed by atoms with E-state index in [9.17, 15) is 0 Å². The van der Waals surface area contributed by atoms with E-state index in [2.05, 4.69) is 64.2 Å². The molecule has 1 N–H and O–H groups in total. The summed E-state index contributed by atoms with van der Waals surface area (Å²) in [6, 6.07) is 9.90. The maximum atomic E-state index is 3.51. The van der Waals surface area contributed by atoms with Gasteiger partial charge < -0.3 is 5.32 Å². The average molecular weight is 205 g/mol. The molecule has 0 radical (unpaired) electrons. The van der Waals surface area contributed by atoms with Gasteiger partial charge in [-0.2, -0.15) is 0 Å². The first-order valence-corrected chi connectivity index (χ1v) is 5.86. The molecule has 0 saturated heterocycles. The summed E-state index contributed by atoms with van der Waals surface area (Å²) in [4.78, 5) is 0. The predicted molar refractivity (Wildman–Crippen MR) is 67.2 cm³/mol. The summed E-state index contributed by atoms with van der Waals surface area (Å²) in [6.07, 6.45) is 0. The molecule has 0 aliphatic carbocycles. The number of rotatable bonds is 4. The summed E-state index contributed by atoms with van der Waals surface area (Å²) >= 11 is 0. The van der Waals surface area contributed by atoms with E-state index < -0.39 is 0 Å². The molecule has 0 saturated carbocycles. The lowest BCUT2D eigenvalue weighted by Crippen LogP contribution is -2.25. The molecule has 0 aliphatic rings. The molecular formula is C14H23N. The summed E-state index contributed by atoms with van der Waals surface area (Å²) in [7, 11) is 0. The Morgan fingerprint density at radius 2 is 1.27 bits per heavy atom. The van der Waals surface area contributed by atoms with Crippen molar-refractivity contribution in [1.82, 2.24) is 5.32 Å². The van der Waals surface area contributed by atoms with Gasteiger partial charge in [-0.1, -0.05) is 52.0 Å². The molecule has 1 aromatic carbocycles. The molecule has 0 spiro atoms. The summed E-state index contributed by atoms with van der Waals surface area (Å²) in [5.74, 6) is 0.618. The minimum atomic E-state index is 0.436. The smallest absolute Gasteiger partial charge is 0.0294 e. The van der Waals surface area contributed by atoms with E-state index in [0.717, 1.165) is 0 Å². The van der Waals surface area contributed by atoms with Crippen LogP contribution in [-0.4, -0.2) is 6.04 Å². The molecule has 0 unspecified atom stereocenters. The maximum absolute atomic E-state index is 3.51. The summed E-state index contributed by atoms with van der Waals surface area (Å²) in [5, 5.41) is 3.51. The van der Waals surface area contributed by atoms with Crippen molar-refractivity contribution in [2.45, 2.75) is 52.6 Å². The predicted octanol–water partition coefficient (Wildman–Crippen LogP) is 3.87. The molecule has 1 aromatic rings. The fraction of sp³-hybridized carbons (Fsp3) is 0.571. The molecule has 84 valence electrons. The zero-order valence-electron chi connectivity index (χ0n) is 10.5. The van der Waals surface area contributed by atoms with E-state index in [-0.39, 0.29) is 0 Å². The van der Waals surface area contributed by atoms with Crippen LogP contribution >= 0.6 is 0 Å². The quantitative estimate of drug-likeness (QED) is 0.787. The van der Waals surface area contributed by atoms with Crippen molar-refractivity contribution < 1.29 is 0 Å². The van der Waals surface area contributed by atoms with E-state index in [1.807, 2.05) is 0 Å². The Balaban J connectivity index is 2.71. The monoisotopic (exact) mass is 205 g/mol. The van der Waals surface area contributed by atoms with Crippen LogP contribution in [0.1, 0.15) is 57.7 Å². The largest absolute Gasteiger partial charge is 0.308 e. The Morgan fingerprint density at radius 1 is 0.800 bits per heavy atom. The van der Waals surface area contributed by atoms with Crippen molar-refractivity contribution in [2.75, 3.05) is 0 Å². The third-order valence-corrected chi connectivity index (χ3v) is 2.69. The molecule has 15 heavy (non-hydrogen) atoms. The normalized spacial score (nSPS) is 13.5. The highest BCUT2D eigenvalue weighted by Crippen LogP contribution is 2.18. The Kier molecular flexibility index (Phi) is 4.34. The number of hydrogen-bond donors (Lipinski definition) is 1. The Bertz CT molecular complexity index is 285. The van der Waals surface area contributed by atoms with Gasteiger partial charge in [0.05, 0.1) is 0 Å². The van der Waals surface area contributed by atoms with Crippen LogP contribution < -0.4 is 5.32 Å². The van der Waals surface area contributed by atoms with Gasteiger partial charge in [-0.3, -0.25) is 0 Å². The van der Waals surface area contributed by atoms with Crippen molar-refractivity contribution in [3.63, 3.8) is 0 Å². The van der Waals surface area contributed by atoms with Gasteiger partial charge in [0.2, 0.25) is 0 Å². The first-order valence-electron chi connectivity index (χ1n) is 5.86. The van der Waals surface area contributed by atoms with E-state index >= 15 is 0 Å². The van der Waals surface area contributed by atoms with Gasteiger partial charge >= 0.3 is 0 Å². The van der Waals surface area contributed by atoms with Crippen molar-refractivity contribution in [3.05, 3.63) is 35.4 Å². The molecule has 1 nitrogen and oxygen atoms in total. The van der Waals surface area contributed by atoms with Gasteiger partial charge in [0.1, 0.15) is 0 Å². The fourth-order valence-electron chi connectivity index (χ4n) is 1.77. The van der Waals surface area contributed by atoms with Crippen LogP contribution in [0.15, 0.2) is 24.3 Å². The summed E-state index contributed by atoms with van der Waals surface area (Å²) in [6.45, 7) is 11.0. The lowest BCUT2D eigenvalue weighted by atomic mass is 9.99. The third kappa shape index (κ3) is 3.67. The zero-order valence-corrected chi connectivity index (χ0v) is 10.5. The Labute approximate surface area is 93.9 Å². The average Bonchev–Trinajstić information content (AvgIpc) is 2.17. The second-order valence-electron chi connectivity index (χ2n) is 4.86. The van der Waals surface area contributed by atoms with E-state index in [4.69, 9.17) is 0 Å². The second kappa shape index (κ2) is 5.32. The highest BCUT2D eigenvalue weighted by atomic mass is 14.9. The minimum Gasteiger partial charge on any atom is -0.308 e. The molecular weight excluding hydrogens is 182 g/mol. The second-order valence-corrected chi connectivity index (χ2v) is 4.86. The van der Waals surface area contributed by atoms with Gasteiger partial charge in [0.25, 0.3) is 0 Å². The Hall–Kier alpha value is -0.820. The summed E-state index contributed by atoms with van der Waals surface area (Å²) < 4.78 is 0. The first kappa shape index (κ1) is 12.3. The van der Waals surface area contributed by atoms with E-state index in [1.165, 1.54) is 11.1 Å². The van der Waals surface area contributed by atoms with Crippen LogP contribution in [0.5, 0.6) is 0 Å². The van der Waals surface area contributed by atoms with Crippen LogP contribution in [0.4, 0.5) is 0 Å². The van der Waals surface area contributed by atoms with Crippen LogP contribution in [-0.2, 0) is 0 Å². The first-order chi connectivity index (χ1) is 7.00. The van der Waals surface area contributed by atoms with Crippen LogP contribution in [0.25, 0.3) is 0 Å². The van der Waals surface area contributed by atoms with Crippen molar-refractivity contribution >= 4 is 0 Å². The lowest BCUT2D eigenvalue weighted by molar-refractivity contribution is 0.506. The van der Waals surface area contributed by atoms with Crippen molar-refractivity contribution in [3.8, 4) is 0 Å². The molecule has 1 atom stereocenters. The molecule has 0 aliphatic heterocycles. The SMILES string of the molecule is CC(C)N[C@H](C)c1ccc(C(C)C)cc1. The molecule has 0 aromatic heterocycles. The van der Waals surface area contributed by atoms with Gasteiger partial charge in [0, 0.05) is 12.1 Å². The van der Waals surface area contributed by atoms with Gasteiger partial charge in [0.15, 0.2) is 0 Å². The van der Waals surface area contributed by atoms with Gasteiger partial charge in [-0.05, 0) is 24.0 Å². The Morgan fingerprint density at radius 3 is 1.67 bits per heavy atom.